The van der Waals surface area contributed by atoms with E-state index in [-0.39, 0.29) is 6.54 Å². The van der Waals surface area contributed by atoms with E-state index in [0.29, 0.717) is 19.5 Å². The minimum absolute atomic E-state index is 0.176. The molecule has 1 aliphatic heterocycles. The van der Waals surface area contributed by atoms with E-state index < -0.39 is 30.4 Å². The highest BCUT2D eigenvalue weighted by atomic mass is 79.9. The zero-order valence-electron chi connectivity index (χ0n) is 16.4. The average molecular weight is 474 g/mol. The third kappa shape index (κ3) is 5.33. The highest BCUT2D eigenvalue weighted by Gasteiger charge is 2.32. The molecule has 1 heterocycles. The van der Waals surface area contributed by atoms with E-state index in [4.69, 9.17) is 0 Å². The van der Waals surface area contributed by atoms with E-state index in [1.165, 1.54) is 10.5 Å². The monoisotopic (exact) mass is 473 g/mol. The maximum atomic E-state index is 12.6. The van der Waals surface area contributed by atoms with Gasteiger partial charge in [0.25, 0.3) is 5.91 Å². The van der Waals surface area contributed by atoms with Crippen LogP contribution in [-0.2, 0) is 29.1 Å². The van der Waals surface area contributed by atoms with Crippen LogP contribution in [0.1, 0.15) is 23.1 Å². The Morgan fingerprint density at radius 2 is 1.80 bits per heavy atom. The van der Waals surface area contributed by atoms with Gasteiger partial charge in [-0.25, -0.2) is 5.01 Å². The Bertz CT molecular complexity index is 919. The van der Waals surface area contributed by atoms with Crippen molar-refractivity contribution in [1.82, 2.24) is 9.91 Å². The number of aliphatic hydroxyl groups is 2. The number of amides is 2. The normalized spacial score (nSPS) is 15.1. The number of hydrazone groups is 1. The Balaban J connectivity index is 1.57. The van der Waals surface area contributed by atoms with Gasteiger partial charge >= 0.3 is 0 Å². The number of halogens is 1. The van der Waals surface area contributed by atoms with Crippen LogP contribution in [0.4, 0.5) is 0 Å². The molecule has 1 aliphatic rings. The summed E-state index contributed by atoms with van der Waals surface area (Å²) >= 11 is 3.35. The second-order valence-corrected chi connectivity index (χ2v) is 8.13. The van der Waals surface area contributed by atoms with Crippen LogP contribution < -0.4 is 0 Å². The summed E-state index contributed by atoms with van der Waals surface area (Å²) in [5.41, 5.74) is 3.02. The molecule has 0 spiro atoms. The van der Waals surface area contributed by atoms with Crippen LogP contribution in [0.25, 0.3) is 0 Å². The van der Waals surface area contributed by atoms with Crippen LogP contribution in [0.15, 0.2) is 58.1 Å². The van der Waals surface area contributed by atoms with Gasteiger partial charge in [0, 0.05) is 24.3 Å². The number of fused-ring (bicyclic) bond motifs is 1. The summed E-state index contributed by atoms with van der Waals surface area (Å²) in [6.45, 7) is 4.41. The fraction of sp³-hybridized carbons (Fsp3) is 0.318. The van der Waals surface area contributed by atoms with Crippen LogP contribution in [0.3, 0.4) is 0 Å². The number of hydrogen-bond donors (Lipinski definition) is 2. The molecule has 0 fully saturated rings. The SMILES string of the molecule is C=NN(Cc1ccc(Br)cc1)C(=O)CC(O)[C@@H](O)C(=O)N1CCc2ccccc2C1. The summed E-state index contributed by atoms with van der Waals surface area (Å²) in [4.78, 5) is 26.7. The lowest BCUT2D eigenvalue weighted by Crippen LogP contribution is -2.47. The van der Waals surface area contributed by atoms with Crippen molar-refractivity contribution in [2.24, 2.45) is 5.10 Å². The van der Waals surface area contributed by atoms with E-state index in [0.717, 1.165) is 20.6 Å². The fourth-order valence-corrected chi connectivity index (χ4v) is 3.68. The molecule has 1 unspecified atom stereocenters. The van der Waals surface area contributed by atoms with Crippen LogP contribution in [-0.4, -0.2) is 57.4 Å². The molecule has 0 aliphatic carbocycles. The molecule has 0 saturated heterocycles. The maximum Gasteiger partial charge on any atom is 0.254 e. The van der Waals surface area contributed by atoms with Gasteiger partial charge in [0.05, 0.1) is 19.1 Å². The van der Waals surface area contributed by atoms with Crippen molar-refractivity contribution in [1.29, 1.82) is 0 Å². The van der Waals surface area contributed by atoms with Gasteiger partial charge in [0.1, 0.15) is 0 Å². The summed E-state index contributed by atoms with van der Waals surface area (Å²) in [6, 6.07) is 15.2. The lowest BCUT2D eigenvalue weighted by atomic mass is 9.99. The van der Waals surface area contributed by atoms with Crippen molar-refractivity contribution < 1.29 is 19.8 Å². The Morgan fingerprint density at radius 3 is 2.47 bits per heavy atom. The summed E-state index contributed by atoms with van der Waals surface area (Å²) in [7, 11) is 0. The summed E-state index contributed by atoms with van der Waals surface area (Å²) in [5.74, 6) is -1.12. The van der Waals surface area contributed by atoms with Crippen LogP contribution in [0.2, 0.25) is 0 Å². The quantitative estimate of drug-likeness (QED) is 0.475. The van der Waals surface area contributed by atoms with Crippen LogP contribution in [0.5, 0.6) is 0 Å². The van der Waals surface area contributed by atoms with Crippen molar-refractivity contribution in [3.63, 3.8) is 0 Å². The predicted octanol–water partition coefficient (Wildman–Crippen LogP) is 2.09. The summed E-state index contributed by atoms with van der Waals surface area (Å²) in [6.07, 6.45) is -2.97. The number of rotatable bonds is 7. The lowest BCUT2D eigenvalue weighted by Gasteiger charge is -2.31. The van der Waals surface area contributed by atoms with Crippen LogP contribution >= 0.6 is 15.9 Å². The number of hydrogen-bond acceptors (Lipinski definition) is 5. The molecule has 0 saturated carbocycles. The predicted molar refractivity (Wildman–Crippen MR) is 116 cm³/mol. The second-order valence-electron chi connectivity index (χ2n) is 7.21. The first-order chi connectivity index (χ1) is 14.4. The fourth-order valence-electron chi connectivity index (χ4n) is 3.41. The van der Waals surface area contributed by atoms with Crippen molar-refractivity contribution >= 4 is 34.5 Å². The highest BCUT2D eigenvalue weighted by molar-refractivity contribution is 9.10. The third-order valence-corrected chi connectivity index (χ3v) is 5.68. The minimum atomic E-state index is -1.68. The van der Waals surface area contributed by atoms with E-state index >= 15 is 0 Å². The van der Waals surface area contributed by atoms with E-state index in [1.54, 1.807) is 0 Å². The molecule has 0 bridgehead atoms. The molecule has 3 rings (SSSR count). The average Bonchev–Trinajstić information content (AvgIpc) is 2.77. The Morgan fingerprint density at radius 1 is 1.13 bits per heavy atom. The number of carbonyl (C=O) groups is 2. The smallest absolute Gasteiger partial charge is 0.254 e. The van der Waals surface area contributed by atoms with Gasteiger partial charge in [0.15, 0.2) is 6.10 Å². The first kappa shape index (κ1) is 22.1. The number of nitrogens with zero attached hydrogens (tertiary/aromatic N) is 3. The van der Waals surface area contributed by atoms with Gasteiger partial charge in [-0.05, 0) is 35.2 Å². The number of carbonyl (C=O) groups excluding carboxylic acids is 2. The van der Waals surface area contributed by atoms with Gasteiger partial charge in [-0.1, -0.05) is 52.3 Å². The molecule has 7 nitrogen and oxygen atoms in total. The standard InChI is InChI=1S/C22H24BrN3O4/c1-24-26(13-15-6-8-18(23)9-7-15)20(28)12-19(27)21(29)22(30)25-11-10-16-4-2-3-5-17(16)14-25/h2-9,19,21,27,29H,1,10-14H2/t19?,21-/m1/s1. The molecule has 2 atom stereocenters. The van der Waals surface area contributed by atoms with Crippen molar-refractivity contribution in [2.45, 2.75) is 38.1 Å². The van der Waals surface area contributed by atoms with Crippen molar-refractivity contribution in [3.8, 4) is 0 Å². The Kier molecular flexibility index (Phi) is 7.36. The molecule has 30 heavy (non-hydrogen) atoms. The maximum absolute atomic E-state index is 12.6. The van der Waals surface area contributed by atoms with E-state index in [1.807, 2.05) is 48.5 Å². The largest absolute Gasteiger partial charge is 0.389 e. The minimum Gasteiger partial charge on any atom is -0.389 e. The topological polar surface area (TPSA) is 93.4 Å². The second kappa shape index (κ2) is 9.97. The lowest BCUT2D eigenvalue weighted by molar-refractivity contribution is -0.149. The molecule has 2 aromatic rings. The zero-order chi connectivity index (χ0) is 21.7. The van der Waals surface area contributed by atoms with Gasteiger partial charge in [0.2, 0.25) is 5.91 Å². The Labute approximate surface area is 183 Å². The first-order valence-electron chi connectivity index (χ1n) is 9.62. The summed E-state index contributed by atoms with van der Waals surface area (Å²) < 4.78 is 0.910. The molecule has 2 amide bonds. The van der Waals surface area contributed by atoms with Crippen molar-refractivity contribution in [3.05, 3.63) is 69.7 Å². The van der Waals surface area contributed by atoms with Gasteiger partial charge in [-0.3, -0.25) is 9.59 Å². The highest BCUT2D eigenvalue weighted by Crippen LogP contribution is 2.20. The zero-order valence-corrected chi connectivity index (χ0v) is 18.0. The molecular formula is C22H24BrN3O4. The third-order valence-electron chi connectivity index (χ3n) is 5.15. The van der Waals surface area contributed by atoms with Gasteiger partial charge in [-0.15, -0.1) is 0 Å². The molecule has 2 N–H and O–H groups in total. The number of aliphatic hydroxyl groups excluding tert-OH is 2. The first-order valence-corrected chi connectivity index (χ1v) is 10.4. The van der Waals surface area contributed by atoms with Crippen molar-refractivity contribution in [2.75, 3.05) is 6.54 Å². The summed E-state index contributed by atoms with van der Waals surface area (Å²) in [5, 5.41) is 25.5. The molecule has 2 aromatic carbocycles. The van der Waals surface area contributed by atoms with Crippen LogP contribution in [0, 0.1) is 0 Å². The Hall–Kier alpha value is -2.55. The van der Waals surface area contributed by atoms with E-state index in [2.05, 4.69) is 27.7 Å². The molecule has 8 heteroatoms. The van der Waals surface area contributed by atoms with E-state index in [9.17, 15) is 19.8 Å². The molecule has 0 radical (unpaired) electrons. The van der Waals surface area contributed by atoms with Gasteiger partial charge in [-0.2, -0.15) is 5.10 Å². The molecular weight excluding hydrogens is 450 g/mol. The molecule has 0 aromatic heterocycles. The molecule has 158 valence electrons. The number of benzene rings is 2. The van der Waals surface area contributed by atoms with Gasteiger partial charge < -0.3 is 15.1 Å².